The van der Waals surface area contributed by atoms with E-state index in [1.165, 1.54) is 161 Å². The lowest BCUT2D eigenvalue weighted by Gasteiger charge is -2.40. The molecule has 0 aromatic heterocycles. The number of carboxylic acid groups (broad SMARTS) is 1. The minimum absolute atomic E-state index is 0.0704. The van der Waals surface area contributed by atoms with Crippen LogP contribution in [0.2, 0.25) is 0 Å². The zero-order valence-electron chi connectivity index (χ0n) is 43.2. The highest BCUT2D eigenvalue weighted by molar-refractivity contribution is 5.74. The number of rotatable bonds is 48. The molecule has 0 saturated carbocycles. The molecule has 3 N–H and O–H groups in total. The number of carbonyl (C=O) groups excluding carboxylic acids is 3. The maximum absolute atomic E-state index is 13.0. The molecule has 67 heavy (non-hydrogen) atoms. The Morgan fingerprint density at radius 3 is 1.12 bits per heavy atom. The maximum atomic E-state index is 13.0. The van der Waals surface area contributed by atoms with Gasteiger partial charge < -0.3 is 39.0 Å². The molecule has 1 rings (SSSR count). The van der Waals surface area contributed by atoms with Gasteiger partial charge in [-0.3, -0.25) is 14.4 Å². The Morgan fingerprint density at radius 1 is 0.433 bits per heavy atom. The molecule has 6 unspecified atom stereocenters. The third kappa shape index (κ3) is 35.5. The topological polar surface area (TPSA) is 175 Å². The molecule has 0 aliphatic carbocycles. The lowest BCUT2D eigenvalue weighted by atomic mass is 9.98. The van der Waals surface area contributed by atoms with Crippen LogP contribution in [0.15, 0.2) is 0 Å². The number of carbonyl (C=O) groups is 4. The van der Waals surface area contributed by atoms with Gasteiger partial charge >= 0.3 is 23.9 Å². The molecule has 0 amide bonds. The van der Waals surface area contributed by atoms with Crippen LogP contribution in [0.1, 0.15) is 278 Å². The van der Waals surface area contributed by atoms with Crippen LogP contribution >= 0.6 is 0 Å². The van der Waals surface area contributed by atoms with Crippen molar-refractivity contribution in [2.75, 3.05) is 13.2 Å². The highest BCUT2D eigenvalue weighted by Crippen LogP contribution is 2.26. The first-order chi connectivity index (χ1) is 32.6. The minimum Gasteiger partial charge on any atom is -0.479 e. The Kier molecular flexibility index (Phi) is 42.0. The number of hydrogen-bond donors (Lipinski definition) is 3. The van der Waals surface area contributed by atoms with Gasteiger partial charge in [-0.25, -0.2) is 4.79 Å². The summed E-state index contributed by atoms with van der Waals surface area (Å²) in [7, 11) is 0. The average Bonchev–Trinajstić information content (AvgIpc) is 3.31. The summed E-state index contributed by atoms with van der Waals surface area (Å²) in [6, 6.07) is 0. The van der Waals surface area contributed by atoms with Crippen molar-refractivity contribution in [1.82, 2.24) is 0 Å². The highest BCUT2D eigenvalue weighted by atomic mass is 16.7. The van der Waals surface area contributed by atoms with Gasteiger partial charge in [0, 0.05) is 19.3 Å². The van der Waals surface area contributed by atoms with Crippen molar-refractivity contribution in [3.8, 4) is 0 Å². The summed E-state index contributed by atoms with van der Waals surface area (Å²) in [4.78, 5) is 50.8. The molecular weight excluding hydrogens is 853 g/mol. The number of unbranched alkanes of at least 4 members (excludes halogenated alkanes) is 34. The highest BCUT2D eigenvalue weighted by Gasteiger charge is 2.50. The van der Waals surface area contributed by atoms with Crippen molar-refractivity contribution in [3.63, 3.8) is 0 Å². The van der Waals surface area contributed by atoms with Gasteiger partial charge in [-0.05, 0) is 19.3 Å². The molecule has 1 saturated heterocycles. The Labute approximate surface area is 408 Å². The van der Waals surface area contributed by atoms with Crippen LogP contribution in [0.4, 0.5) is 0 Å². The van der Waals surface area contributed by atoms with Gasteiger partial charge in [0.05, 0.1) is 6.61 Å². The predicted octanol–water partition coefficient (Wildman–Crippen LogP) is 13.6. The number of hydrogen-bond acceptors (Lipinski definition) is 11. The molecule has 0 aromatic carbocycles. The van der Waals surface area contributed by atoms with E-state index in [-0.39, 0.29) is 25.9 Å². The molecule has 6 atom stereocenters. The summed E-state index contributed by atoms with van der Waals surface area (Å²) in [6.07, 6.45) is 33.8. The molecule has 12 heteroatoms. The summed E-state index contributed by atoms with van der Waals surface area (Å²) >= 11 is 0. The maximum Gasteiger partial charge on any atom is 0.335 e. The molecule has 1 heterocycles. The Hall–Kier alpha value is -2.28. The van der Waals surface area contributed by atoms with E-state index in [2.05, 4.69) is 20.8 Å². The van der Waals surface area contributed by atoms with E-state index in [1.807, 2.05) is 0 Å². The fraction of sp³-hybridized carbons (Fsp3) is 0.927. The third-order valence-electron chi connectivity index (χ3n) is 13.2. The number of carboxylic acids is 1. The molecular formula is C55H102O12. The van der Waals surface area contributed by atoms with Gasteiger partial charge in [0.25, 0.3) is 0 Å². The van der Waals surface area contributed by atoms with E-state index >= 15 is 0 Å². The van der Waals surface area contributed by atoms with E-state index in [1.54, 1.807) is 0 Å². The zero-order chi connectivity index (χ0) is 49.0. The Balaban J connectivity index is 2.66. The van der Waals surface area contributed by atoms with Crippen LogP contribution < -0.4 is 0 Å². The fourth-order valence-corrected chi connectivity index (χ4v) is 8.84. The smallest absolute Gasteiger partial charge is 0.335 e. The second-order valence-electron chi connectivity index (χ2n) is 19.6. The third-order valence-corrected chi connectivity index (χ3v) is 13.2. The Bertz CT molecular complexity index is 1180. The first kappa shape index (κ1) is 62.7. The van der Waals surface area contributed by atoms with Crippen molar-refractivity contribution in [2.45, 2.75) is 314 Å². The molecule has 0 spiro atoms. The van der Waals surface area contributed by atoms with Gasteiger partial charge in [-0.2, -0.15) is 0 Å². The van der Waals surface area contributed by atoms with Crippen molar-refractivity contribution >= 4 is 23.9 Å². The number of aliphatic carboxylic acids is 1. The number of aliphatic hydroxyl groups excluding tert-OH is 2. The van der Waals surface area contributed by atoms with Crippen LogP contribution in [0.25, 0.3) is 0 Å². The van der Waals surface area contributed by atoms with E-state index in [0.717, 1.165) is 57.8 Å². The summed E-state index contributed by atoms with van der Waals surface area (Å²) in [6.45, 7) is 5.98. The number of aliphatic hydroxyl groups is 2. The SMILES string of the molecule is CCCCCCCCCCCCCCCCCC(=O)OC1C(OCC(COC(=O)CCCCCCCCCCCCCCC)OC(=O)CCCCCCCCCCC)OC(C(=O)O)C(O)C1O. The molecule has 0 aromatic rings. The monoisotopic (exact) mass is 955 g/mol. The molecule has 0 radical (unpaired) electrons. The number of esters is 3. The largest absolute Gasteiger partial charge is 0.479 e. The quantitative estimate of drug-likeness (QED) is 0.0299. The molecule has 12 nitrogen and oxygen atoms in total. The summed E-state index contributed by atoms with van der Waals surface area (Å²) in [5.74, 6) is -3.08. The van der Waals surface area contributed by atoms with Crippen molar-refractivity contribution < 1.29 is 58.2 Å². The van der Waals surface area contributed by atoms with Crippen LogP contribution in [-0.4, -0.2) is 89.2 Å². The van der Waals surface area contributed by atoms with Crippen LogP contribution in [0.5, 0.6) is 0 Å². The second-order valence-corrected chi connectivity index (χ2v) is 19.6. The van der Waals surface area contributed by atoms with E-state index in [4.69, 9.17) is 23.7 Å². The lowest BCUT2D eigenvalue weighted by molar-refractivity contribution is -0.301. The summed E-state index contributed by atoms with van der Waals surface area (Å²) in [5, 5.41) is 31.4. The molecule has 1 aliphatic rings. The standard InChI is InChI=1S/C55H102O12/c1-4-7-10-13-16-19-21-23-24-26-28-31-34-37-40-43-49(58)66-53-51(60)50(59)52(54(61)62)67-55(53)64-45-46(65-48(57)42-39-36-33-29-18-15-12-9-6-3)44-63-47(56)41-38-35-32-30-27-25-22-20-17-14-11-8-5-2/h46,50-53,55,59-60H,4-45H2,1-3H3,(H,61,62). The van der Waals surface area contributed by atoms with Gasteiger partial charge in [-0.15, -0.1) is 0 Å². The first-order valence-corrected chi connectivity index (χ1v) is 28.0. The van der Waals surface area contributed by atoms with Gasteiger partial charge in [0.2, 0.25) is 0 Å². The van der Waals surface area contributed by atoms with Gasteiger partial charge in [-0.1, -0.05) is 239 Å². The number of ether oxygens (including phenoxy) is 5. The normalized spacial score (nSPS) is 18.7. The first-order valence-electron chi connectivity index (χ1n) is 28.0. The minimum atomic E-state index is -1.89. The summed E-state index contributed by atoms with van der Waals surface area (Å²) in [5.41, 5.74) is 0. The summed E-state index contributed by atoms with van der Waals surface area (Å²) < 4.78 is 28.3. The van der Waals surface area contributed by atoms with Gasteiger partial charge in [0.1, 0.15) is 18.8 Å². The van der Waals surface area contributed by atoms with Crippen LogP contribution in [0.3, 0.4) is 0 Å². The molecule has 0 bridgehead atoms. The van der Waals surface area contributed by atoms with Crippen LogP contribution in [-0.2, 0) is 42.9 Å². The van der Waals surface area contributed by atoms with E-state index in [0.29, 0.717) is 19.3 Å². The van der Waals surface area contributed by atoms with Crippen molar-refractivity contribution in [1.29, 1.82) is 0 Å². The van der Waals surface area contributed by atoms with Crippen LogP contribution in [0, 0.1) is 0 Å². The molecule has 1 aliphatic heterocycles. The molecule has 1 fully saturated rings. The van der Waals surface area contributed by atoms with Crippen molar-refractivity contribution in [2.24, 2.45) is 0 Å². The average molecular weight is 955 g/mol. The Morgan fingerprint density at radius 2 is 0.761 bits per heavy atom. The van der Waals surface area contributed by atoms with Crippen molar-refractivity contribution in [3.05, 3.63) is 0 Å². The lowest BCUT2D eigenvalue weighted by Crippen LogP contribution is -2.61. The predicted molar refractivity (Wildman–Crippen MR) is 267 cm³/mol. The van der Waals surface area contributed by atoms with E-state index in [9.17, 15) is 34.5 Å². The fourth-order valence-electron chi connectivity index (χ4n) is 8.84. The zero-order valence-corrected chi connectivity index (χ0v) is 43.2. The van der Waals surface area contributed by atoms with Gasteiger partial charge in [0.15, 0.2) is 24.6 Å². The second kappa shape index (κ2) is 44.9. The molecule has 394 valence electrons. The van der Waals surface area contributed by atoms with E-state index < -0.39 is 67.3 Å².